The van der Waals surface area contributed by atoms with E-state index in [1.54, 1.807) is 11.8 Å². The molecule has 0 spiro atoms. The SMILES string of the molecule is COCC(=O)N1C[C@@H]2CN(CCO2)C(=O)[C@@H]2C[C@@H](CN2C2CCN(C(C)=O)CC2)NC(=O)C[C@@H]2O[C@H](C1)[C@@H](O)[C@H]2O. The maximum atomic E-state index is 14.0. The van der Waals surface area contributed by atoms with Gasteiger partial charge in [-0.25, -0.2) is 0 Å². The Morgan fingerprint density at radius 2 is 1.73 bits per heavy atom. The first-order valence-electron chi connectivity index (χ1n) is 14.6. The van der Waals surface area contributed by atoms with E-state index >= 15 is 0 Å². The van der Waals surface area contributed by atoms with Gasteiger partial charge in [0.2, 0.25) is 23.6 Å². The second-order valence-corrected chi connectivity index (χ2v) is 11.9. The van der Waals surface area contributed by atoms with Crippen LogP contribution in [0.1, 0.15) is 32.6 Å². The first-order chi connectivity index (χ1) is 19.6. The van der Waals surface area contributed by atoms with Crippen LogP contribution in [-0.2, 0) is 33.4 Å². The van der Waals surface area contributed by atoms with E-state index in [9.17, 15) is 29.4 Å². The second kappa shape index (κ2) is 12.9. The van der Waals surface area contributed by atoms with Gasteiger partial charge < -0.3 is 44.4 Å². The molecule has 7 atom stereocenters. The molecule has 0 saturated carbocycles. The van der Waals surface area contributed by atoms with Crippen molar-refractivity contribution >= 4 is 23.6 Å². The van der Waals surface area contributed by atoms with E-state index in [1.807, 2.05) is 4.90 Å². The Labute approximate surface area is 239 Å². The highest BCUT2D eigenvalue weighted by Crippen LogP contribution is 2.30. The summed E-state index contributed by atoms with van der Waals surface area (Å²) in [6.45, 7) is 4.28. The lowest BCUT2D eigenvalue weighted by molar-refractivity contribution is -0.149. The van der Waals surface area contributed by atoms with E-state index in [2.05, 4.69) is 10.2 Å². The molecule has 14 heteroatoms. The van der Waals surface area contributed by atoms with Gasteiger partial charge in [0.25, 0.3) is 0 Å². The van der Waals surface area contributed by atoms with Crippen molar-refractivity contribution in [1.29, 1.82) is 0 Å². The Kier molecular flexibility index (Phi) is 9.46. The van der Waals surface area contributed by atoms with Gasteiger partial charge in [-0.15, -0.1) is 0 Å². The van der Waals surface area contributed by atoms with Gasteiger partial charge >= 0.3 is 0 Å². The number of methoxy groups -OCH3 is 1. The summed E-state index contributed by atoms with van der Waals surface area (Å²) < 4.78 is 16.9. The molecule has 0 aromatic rings. The van der Waals surface area contributed by atoms with Gasteiger partial charge in [0.1, 0.15) is 24.9 Å². The lowest BCUT2D eigenvalue weighted by Gasteiger charge is -2.41. The minimum Gasteiger partial charge on any atom is -0.388 e. The van der Waals surface area contributed by atoms with Crippen molar-refractivity contribution in [1.82, 2.24) is 24.9 Å². The molecule has 14 nitrogen and oxygen atoms in total. The Hall–Kier alpha value is -2.36. The molecule has 0 aromatic carbocycles. The molecule has 3 N–H and O–H groups in total. The fourth-order valence-corrected chi connectivity index (χ4v) is 6.94. The number of aliphatic hydroxyl groups is 2. The third-order valence-corrected chi connectivity index (χ3v) is 9.11. The van der Waals surface area contributed by atoms with Gasteiger partial charge in [-0.3, -0.25) is 24.1 Å². The van der Waals surface area contributed by atoms with E-state index < -0.39 is 36.6 Å². The fourth-order valence-electron chi connectivity index (χ4n) is 6.94. The first-order valence-corrected chi connectivity index (χ1v) is 14.6. The van der Waals surface area contributed by atoms with Crippen LogP contribution in [0.2, 0.25) is 0 Å². The average Bonchev–Trinajstić information content (AvgIpc) is 3.48. The van der Waals surface area contributed by atoms with Gasteiger partial charge in [0.15, 0.2) is 0 Å². The minimum atomic E-state index is -1.29. The van der Waals surface area contributed by atoms with Crippen molar-refractivity contribution in [3.8, 4) is 0 Å². The third kappa shape index (κ3) is 6.67. The average molecular weight is 582 g/mol. The zero-order valence-corrected chi connectivity index (χ0v) is 23.9. The number of amides is 4. The van der Waals surface area contributed by atoms with Crippen molar-refractivity contribution < 1.29 is 43.6 Å². The number of nitrogens with zero attached hydrogens (tertiary/aromatic N) is 4. The van der Waals surface area contributed by atoms with Crippen LogP contribution in [-0.4, -0.2) is 168 Å². The molecule has 5 saturated heterocycles. The summed E-state index contributed by atoms with van der Waals surface area (Å²) in [4.78, 5) is 59.1. The normalized spacial score (nSPS) is 36.0. The number of ether oxygens (including phenoxy) is 3. The quantitative estimate of drug-likeness (QED) is 0.317. The van der Waals surface area contributed by atoms with E-state index in [1.165, 1.54) is 12.0 Å². The van der Waals surface area contributed by atoms with E-state index in [-0.39, 0.29) is 61.8 Å². The Morgan fingerprint density at radius 1 is 1.00 bits per heavy atom. The molecule has 5 rings (SSSR count). The summed E-state index contributed by atoms with van der Waals surface area (Å²) in [7, 11) is 1.41. The maximum Gasteiger partial charge on any atom is 0.248 e. The monoisotopic (exact) mass is 581 g/mol. The van der Waals surface area contributed by atoms with Gasteiger partial charge in [-0.1, -0.05) is 0 Å². The van der Waals surface area contributed by atoms with Crippen molar-refractivity contribution in [2.45, 2.75) is 81.3 Å². The van der Waals surface area contributed by atoms with E-state index in [0.717, 1.165) is 12.8 Å². The predicted octanol–water partition coefficient (Wildman–Crippen LogP) is -2.85. The summed E-state index contributed by atoms with van der Waals surface area (Å²) in [5, 5.41) is 24.4. The number of nitrogens with one attached hydrogen (secondary N) is 1. The summed E-state index contributed by atoms with van der Waals surface area (Å²) in [6, 6.07) is -0.613. The third-order valence-electron chi connectivity index (χ3n) is 9.11. The number of fused-ring (bicyclic) bond motifs is 6. The topological polar surface area (TPSA) is 161 Å². The molecule has 0 unspecified atom stereocenters. The van der Waals surface area contributed by atoms with Crippen molar-refractivity contribution in [2.24, 2.45) is 0 Å². The van der Waals surface area contributed by atoms with Crippen LogP contribution in [0.25, 0.3) is 0 Å². The number of aliphatic hydroxyl groups excluding tert-OH is 2. The van der Waals surface area contributed by atoms with Crippen LogP contribution >= 0.6 is 0 Å². The summed E-state index contributed by atoms with van der Waals surface area (Å²) in [6.07, 6.45) is -3.09. The van der Waals surface area contributed by atoms with Gasteiger partial charge in [-0.05, 0) is 19.3 Å². The van der Waals surface area contributed by atoms with Crippen LogP contribution in [0.4, 0.5) is 0 Å². The number of carbonyl (C=O) groups excluding carboxylic acids is 4. The smallest absolute Gasteiger partial charge is 0.248 e. The first kappa shape index (κ1) is 30.1. The lowest BCUT2D eigenvalue weighted by Crippen LogP contribution is -2.57. The van der Waals surface area contributed by atoms with Crippen LogP contribution in [0.3, 0.4) is 0 Å². The molecule has 0 aromatic heterocycles. The van der Waals surface area contributed by atoms with Crippen molar-refractivity contribution in [3.63, 3.8) is 0 Å². The molecule has 5 aliphatic heterocycles. The number of hydrogen-bond acceptors (Lipinski definition) is 10. The molecule has 4 amide bonds. The van der Waals surface area contributed by atoms with Gasteiger partial charge in [0, 0.05) is 71.9 Å². The molecule has 5 fully saturated rings. The summed E-state index contributed by atoms with van der Waals surface area (Å²) in [5.74, 6) is -0.660. The highest BCUT2D eigenvalue weighted by Gasteiger charge is 2.47. The molecule has 5 heterocycles. The Balaban J connectivity index is 1.39. The number of piperidine rings is 1. The van der Waals surface area contributed by atoms with Gasteiger partial charge in [0.05, 0.1) is 31.3 Å². The molecule has 230 valence electrons. The maximum absolute atomic E-state index is 14.0. The minimum absolute atomic E-state index is 0.0235. The Bertz CT molecular complexity index is 992. The van der Waals surface area contributed by atoms with Crippen LogP contribution in [0.5, 0.6) is 0 Å². The zero-order valence-electron chi connectivity index (χ0n) is 23.9. The number of hydrogen-bond donors (Lipinski definition) is 3. The standard InChI is InChI=1S/C27H43N5O9/c1-16(33)29-5-3-18(4-6-29)32-11-17-9-20(32)27(38)30-7-8-40-19(12-30)13-31(24(35)15-39-2)14-22-26(37)25(36)21(41-22)10-23(34)28-17/h17-22,25-26,36-37H,3-15H2,1-2H3,(H,28,34)/t17-,19-,20-,21-,22+,25-,26+/m0/s1. The molecule has 6 bridgehead atoms. The number of rotatable bonds is 3. The molecule has 0 aliphatic carbocycles. The largest absolute Gasteiger partial charge is 0.388 e. The van der Waals surface area contributed by atoms with E-state index in [4.69, 9.17) is 14.2 Å². The summed E-state index contributed by atoms with van der Waals surface area (Å²) in [5.41, 5.74) is 0. The highest BCUT2D eigenvalue weighted by atomic mass is 16.5. The summed E-state index contributed by atoms with van der Waals surface area (Å²) >= 11 is 0. The number of likely N-dealkylation sites (tertiary alicyclic amines) is 2. The second-order valence-electron chi connectivity index (χ2n) is 11.9. The van der Waals surface area contributed by atoms with Crippen molar-refractivity contribution in [2.75, 3.05) is 66.1 Å². The van der Waals surface area contributed by atoms with Gasteiger partial charge in [-0.2, -0.15) is 0 Å². The fraction of sp³-hybridized carbons (Fsp3) is 0.852. The lowest BCUT2D eigenvalue weighted by atomic mass is 10.0. The molecule has 5 aliphatic rings. The van der Waals surface area contributed by atoms with Crippen LogP contribution in [0.15, 0.2) is 0 Å². The molecule has 41 heavy (non-hydrogen) atoms. The number of carbonyl (C=O) groups is 4. The van der Waals surface area contributed by atoms with Crippen molar-refractivity contribution in [3.05, 3.63) is 0 Å². The molecular weight excluding hydrogens is 538 g/mol. The highest BCUT2D eigenvalue weighted by molar-refractivity contribution is 5.83. The van der Waals surface area contributed by atoms with Crippen LogP contribution in [0, 0.1) is 0 Å². The van der Waals surface area contributed by atoms with E-state index in [0.29, 0.717) is 45.8 Å². The zero-order chi connectivity index (χ0) is 29.3. The molecular formula is C27H43N5O9. The Morgan fingerprint density at radius 3 is 2.44 bits per heavy atom. The van der Waals surface area contributed by atoms with Crippen LogP contribution < -0.4 is 5.32 Å². The molecule has 0 radical (unpaired) electrons. The predicted molar refractivity (Wildman–Crippen MR) is 142 cm³/mol. The number of morpholine rings is 1.